The van der Waals surface area contributed by atoms with Crippen LogP contribution in [0.5, 0.6) is 11.6 Å². The second kappa shape index (κ2) is 14.0. The maximum absolute atomic E-state index is 14.5. The first-order valence-electron chi connectivity index (χ1n) is 17.7. The average Bonchev–Trinajstić information content (AvgIpc) is 3.90. The van der Waals surface area contributed by atoms with E-state index in [-0.39, 0.29) is 25.3 Å². The smallest absolute Gasteiger partial charge is 0.362 e. The Morgan fingerprint density at radius 3 is 2.35 bits per heavy atom. The van der Waals surface area contributed by atoms with E-state index in [0.717, 1.165) is 5.39 Å². The fourth-order valence-corrected chi connectivity index (χ4v) is 7.71. The molecule has 0 spiro atoms. The van der Waals surface area contributed by atoms with Gasteiger partial charge in [-0.15, -0.1) is 0 Å². The molecule has 16 heteroatoms. The molecule has 0 bridgehead atoms. The van der Waals surface area contributed by atoms with Crippen LogP contribution in [-0.4, -0.2) is 90.6 Å². The van der Waals surface area contributed by atoms with Crippen molar-refractivity contribution in [3.05, 3.63) is 30.5 Å². The standard InChI is InChI=1S/C36H52N6O9S/c1-10-22-19-36(22,31(45)41-52(47,48)51-35(8)14-15-35)39-28(43)26-18-24(50-29-25-12-11-23(49-9)17-21(25)13-16-37-29)20-42(26)30(44)27(33(2,3)4)38-32(46)40-34(5,6)7/h11-13,16-17,22,24,26-27H,10,14-15,18-20H2,1-9H3,(H,39,43)(H,41,45)(H2,38,40,46)/t22-,24-,26+,27-,36-/m1/s1. The highest BCUT2D eigenvalue weighted by Crippen LogP contribution is 2.47. The van der Waals surface area contributed by atoms with Crippen LogP contribution in [0.4, 0.5) is 4.79 Å². The number of amides is 5. The molecule has 286 valence electrons. The van der Waals surface area contributed by atoms with Crippen LogP contribution in [0.2, 0.25) is 0 Å². The first-order valence-corrected chi connectivity index (χ1v) is 19.1. The maximum atomic E-state index is 14.5. The predicted octanol–water partition coefficient (Wildman–Crippen LogP) is 3.32. The molecule has 52 heavy (non-hydrogen) atoms. The van der Waals surface area contributed by atoms with Crippen molar-refractivity contribution in [3.63, 3.8) is 0 Å². The molecule has 0 radical (unpaired) electrons. The van der Waals surface area contributed by atoms with Crippen molar-refractivity contribution >= 4 is 44.8 Å². The SMILES string of the molecule is CC[C@@H]1C[C@]1(NC(=O)[C@@H]1C[C@@H](Oc2nccc3cc(OC)ccc23)CN1C(=O)[C@@H](NC(=O)NC(C)(C)C)C(C)(C)C)C(=O)NS(=O)(=O)OC1(C)CC1. The molecule has 3 fully saturated rings. The fourth-order valence-electron chi connectivity index (χ4n) is 6.57. The Bertz CT molecular complexity index is 1840. The number of likely N-dealkylation sites (tertiary alicyclic amines) is 1. The van der Waals surface area contributed by atoms with Crippen molar-refractivity contribution in [1.29, 1.82) is 0 Å². The molecule has 5 atom stereocenters. The second-order valence-electron chi connectivity index (χ2n) is 16.5. The van der Waals surface area contributed by atoms with Gasteiger partial charge in [-0.1, -0.05) is 34.1 Å². The topological polar surface area (TPSA) is 194 Å². The zero-order valence-corrected chi connectivity index (χ0v) is 32.2. The third-order valence-corrected chi connectivity index (χ3v) is 10.8. The number of ether oxygens (including phenoxy) is 2. The maximum Gasteiger partial charge on any atom is 0.362 e. The number of carbonyl (C=O) groups is 4. The lowest BCUT2D eigenvalue weighted by Gasteiger charge is -2.36. The Hall–Kier alpha value is -4.18. The molecule has 2 saturated carbocycles. The van der Waals surface area contributed by atoms with Crippen molar-refractivity contribution in [2.45, 2.75) is 122 Å². The summed E-state index contributed by atoms with van der Waals surface area (Å²) in [5.74, 6) is -1.47. The van der Waals surface area contributed by atoms with Crippen LogP contribution in [0.1, 0.15) is 87.5 Å². The molecule has 1 aliphatic heterocycles. The molecule has 1 saturated heterocycles. The number of benzene rings is 1. The number of hydrogen-bond donors (Lipinski definition) is 4. The summed E-state index contributed by atoms with van der Waals surface area (Å²) in [4.78, 5) is 61.2. The molecule has 5 amide bonds. The molecule has 1 aromatic heterocycles. The van der Waals surface area contributed by atoms with E-state index < -0.39 is 74.3 Å². The molecule has 2 aliphatic carbocycles. The van der Waals surface area contributed by atoms with E-state index in [1.807, 2.05) is 50.6 Å². The van der Waals surface area contributed by atoms with E-state index in [0.29, 0.717) is 36.3 Å². The summed E-state index contributed by atoms with van der Waals surface area (Å²) in [6, 6.07) is 4.51. The van der Waals surface area contributed by atoms with Gasteiger partial charge in [0.2, 0.25) is 17.7 Å². The van der Waals surface area contributed by atoms with E-state index in [1.165, 1.54) is 4.90 Å². The van der Waals surface area contributed by atoms with Crippen molar-refractivity contribution in [1.82, 2.24) is 30.6 Å². The highest BCUT2D eigenvalue weighted by molar-refractivity contribution is 7.85. The number of fused-ring (bicyclic) bond motifs is 1. The Morgan fingerprint density at radius 2 is 1.77 bits per heavy atom. The second-order valence-corrected chi connectivity index (χ2v) is 17.8. The number of pyridine rings is 1. The quantitative estimate of drug-likeness (QED) is 0.251. The lowest BCUT2D eigenvalue weighted by Crippen LogP contribution is -2.61. The summed E-state index contributed by atoms with van der Waals surface area (Å²) in [5, 5.41) is 9.97. The van der Waals surface area contributed by atoms with Gasteiger partial charge in [-0.2, -0.15) is 8.42 Å². The first kappa shape index (κ1) is 39.0. The van der Waals surface area contributed by atoms with Crippen molar-refractivity contribution in [2.24, 2.45) is 11.3 Å². The van der Waals surface area contributed by atoms with Gasteiger partial charge in [-0.3, -0.25) is 14.4 Å². The number of nitrogens with one attached hydrogen (secondary N) is 4. The lowest BCUT2D eigenvalue weighted by molar-refractivity contribution is -0.142. The summed E-state index contributed by atoms with van der Waals surface area (Å²) in [5.41, 5.74) is -3.74. The highest BCUT2D eigenvalue weighted by atomic mass is 32.2. The van der Waals surface area contributed by atoms with Gasteiger partial charge in [0.05, 0.1) is 19.3 Å². The number of hydrogen-bond acceptors (Lipinski definition) is 10. The number of urea groups is 1. The van der Waals surface area contributed by atoms with E-state index in [4.69, 9.17) is 13.7 Å². The lowest BCUT2D eigenvalue weighted by atomic mass is 9.85. The Labute approximate surface area is 305 Å². The summed E-state index contributed by atoms with van der Waals surface area (Å²) in [7, 11) is -2.87. The van der Waals surface area contributed by atoms with Gasteiger partial charge in [0.25, 0.3) is 5.91 Å². The molecule has 0 unspecified atom stereocenters. The summed E-state index contributed by atoms with van der Waals surface area (Å²) < 4.78 is 44.4. The van der Waals surface area contributed by atoms with E-state index in [9.17, 15) is 27.6 Å². The molecular formula is C36H52N6O9S. The Balaban J connectivity index is 1.43. The van der Waals surface area contributed by atoms with Crippen LogP contribution >= 0.6 is 0 Å². The Kier molecular flexibility index (Phi) is 10.5. The van der Waals surface area contributed by atoms with Gasteiger partial charge < -0.3 is 30.3 Å². The van der Waals surface area contributed by atoms with Crippen molar-refractivity contribution in [2.75, 3.05) is 13.7 Å². The normalized spacial score (nSPS) is 24.4. The average molecular weight is 745 g/mol. The van der Waals surface area contributed by atoms with Crippen LogP contribution in [-0.2, 0) is 28.9 Å². The molecule has 15 nitrogen and oxygen atoms in total. The number of methoxy groups -OCH3 is 1. The van der Waals surface area contributed by atoms with E-state index in [2.05, 4.69) is 20.9 Å². The highest BCUT2D eigenvalue weighted by Gasteiger charge is 2.62. The van der Waals surface area contributed by atoms with Gasteiger partial charge in [0.1, 0.15) is 29.5 Å². The van der Waals surface area contributed by atoms with E-state index >= 15 is 0 Å². The van der Waals surface area contributed by atoms with Gasteiger partial charge in [0.15, 0.2) is 0 Å². The number of aromatic nitrogens is 1. The third kappa shape index (κ3) is 8.88. The largest absolute Gasteiger partial charge is 0.497 e. The molecule has 4 N–H and O–H groups in total. The zero-order chi connectivity index (χ0) is 38.4. The molecule has 2 aromatic rings. The zero-order valence-electron chi connectivity index (χ0n) is 31.4. The fraction of sp³-hybridized carbons (Fsp3) is 0.639. The summed E-state index contributed by atoms with van der Waals surface area (Å²) in [6.45, 7) is 14.3. The van der Waals surface area contributed by atoms with Gasteiger partial charge in [-0.25, -0.2) is 18.7 Å². The first-order chi connectivity index (χ1) is 24.1. The third-order valence-electron chi connectivity index (χ3n) is 9.77. The minimum absolute atomic E-state index is 0.0303. The molecule has 5 rings (SSSR count). The van der Waals surface area contributed by atoms with Crippen LogP contribution in [0.25, 0.3) is 10.8 Å². The van der Waals surface area contributed by atoms with E-state index in [1.54, 1.807) is 47.1 Å². The molecule has 2 heterocycles. The van der Waals surface area contributed by atoms with Gasteiger partial charge in [0, 0.05) is 23.5 Å². The Morgan fingerprint density at radius 1 is 1.08 bits per heavy atom. The monoisotopic (exact) mass is 744 g/mol. The molecule has 3 aliphatic rings. The molecule has 1 aromatic carbocycles. The minimum Gasteiger partial charge on any atom is -0.497 e. The molecular weight excluding hydrogens is 692 g/mol. The van der Waals surface area contributed by atoms with Crippen LogP contribution in [0, 0.1) is 11.3 Å². The van der Waals surface area contributed by atoms with Crippen LogP contribution in [0.3, 0.4) is 0 Å². The number of nitrogens with zero attached hydrogens (tertiary/aromatic N) is 2. The van der Waals surface area contributed by atoms with Gasteiger partial charge >= 0.3 is 16.3 Å². The van der Waals surface area contributed by atoms with Crippen LogP contribution < -0.4 is 30.1 Å². The predicted molar refractivity (Wildman–Crippen MR) is 193 cm³/mol. The number of carbonyl (C=O) groups excluding carboxylic acids is 4. The summed E-state index contributed by atoms with van der Waals surface area (Å²) in [6.07, 6.45) is 2.70. The number of rotatable bonds is 12. The van der Waals surface area contributed by atoms with Crippen molar-refractivity contribution in [3.8, 4) is 11.6 Å². The summed E-state index contributed by atoms with van der Waals surface area (Å²) >= 11 is 0. The van der Waals surface area contributed by atoms with Crippen molar-refractivity contribution < 1.29 is 41.3 Å². The van der Waals surface area contributed by atoms with Crippen LogP contribution in [0.15, 0.2) is 30.5 Å². The van der Waals surface area contributed by atoms with Gasteiger partial charge in [-0.05, 0) is 87.9 Å². The minimum atomic E-state index is -4.44.